The van der Waals surface area contributed by atoms with Crippen molar-refractivity contribution in [3.05, 3.63) is 47.0 Å². The molecule has 2 aromatic carbocycles. The van der Waals surface area contributed by atoms with Crippen LogP contribution >= 0.6 is 0 Å². The molecule has 16 heavy (non-hydrogen) atoms. The molecule has 1 aliphatic rings. The third-order valence-electron chi connectivity index (χ3n) is 3.42. The van der Waals surface area contributed by atoms with E-state index in [0.717, 1.165) is 18.4 Å². The highest BCUT2D eigenvalue weighted by molar-refractivity contribution is 6.11. The van der Waals surface area contributed by atoms with E-state index in [1.165, 1.54) is 21.9 Å². The predicted octanol–water partition coefficient (Wildman–Crippen LogP) is 3.14. The van der Waals surface area contributed by atoms with Gasteiger partial charge < -0.3 is 5.21 Å². The van der Waals surface area contributed by atoms with Crippen molar-refractivity contribution in [2.24, 2.45) is 5.16 Å². The van der Waals surface area contributed by atoms with Gasteiger partial charge in [0, 0.05) is 5.56 Å². The van der Waals surface area contributed by atoms with Crippen molar-refractivity contribution in [3.8, 4) is 0 Å². The second-order valence-electron chi connectivity index (χ2n) is 4.30. The average Bonchev–Trinajstić information content (AvgIpc) is 2.74. The number of hydrogen-bond acceptors (Lipinski definition) is 2. The summed E-state index contributed by atoms with van der Waals surface area (Å²) in [5, 5.41) is 14.8. The maximum Gasteiger partial charge on any atom is 0.0843 e. The molecular formula is C14H13NO. The lowest BCUT2D eigenvalue weighted by Crippen LogP contribution is -1.96. The summed E-state index contributed by atoms with van der Waals surface area (Å²) < 4.78 is 0. The molecule has 80 valence electrons. The largest absolute Gasteiger partial charge is 0.411 e. The molecule has 0 saturated carbocycles. The number of aryl methyl sites for hydroxylation is 2. The van der Waals surface area contributed by atoms with E-state index >= 15 is 0 Å². The van der Waals surface area contributed by atoms with Gasteiger partial charge in [0.1, 0.15) is 0 Å². The topological polar surface area (TPSA) is 32.6 Å². The highest BCUT2D eigenvalue weighted by Gasteiger charge is 2.16. The van der Waals surface area contributed by atoms with E-state index in [9.17, 15) is 0 Å². The molecule has 0 radical (unpaired) electrons. The Morgan fingerprint density at radius 3 is 2.62 bits per heavy atom. The van der Waals surface area contributed by atoms with E-state index in [-0.39, 0.29) is 0 Å². The van der Waals surface area contributed by atoms with E-state index in [1.807, 2.05) is 6.92 Å². The Morgan fingerprint density at radius 1 is 1.12 bits per heavy atom. The Labute approximate surface area is 94.2 Å². The third-order valence-corrected chi connectivity index (χ3v) is 3.42. The molecule has 0 unspecified atom stereocenters. The minimum absolute atomic E-state index is 0.676. The minimum atomic E-state index is 0.676. The third kappa shape index (κ3) is 1.16. The van der Waals surface area contributed by atoms with Gasteiger partial charge in [-0.15, -0.1) is 0 Å². The molecule has 1 N–H and O–H groups in total. The van der Waals surface area contributed by atoms with Crippen molar-refractivity contribution in [1.82, 2.24) is 0 Å². The number of oxime groups is 1. The SMILES string of the molecule is C/C(=N/O)c1ccc2c3c(cccc13)CC2. The summed E-state index contributed by atoms with van der Waals surface area (Å²) in [6, 6.07) is 10.6. The highest BCUT2D eigenvalue weighted by Crippen LogP contribution is 2.32. The fourth-order valence-electron chi connectivity index (χ4n) is 2.62. The maximum absolute atomic E-state index is 8.89. The summed E-state index contributed by atoms with van der Waals surface area (Å²) in [7, 11) is 0. The first-order valence-electron chi connectivity index (χ1n) is 5.54. The lowest BCUT2D eigenvalue weighted by molar-refractivity contribution is 0.319. The average molecular weight is 211 g/mol. The van der Waals surface area contributed by atoms with Crippen LogP contribution in [0.15, 0.2) is 35.5 Å². The molecule has 0 bridgehead atoms. The van der Waals surface area contributed by atoms with Crippen LogP contribution in [0.5, 0.6) is 0 Å². The van der Waals surface area contributed by atoms with Crippen LogP contribution in [0.3, 0.4) is 0 Å². The van der Waals surface area contributed by atoms with Crippen molar-refractivity contribution in [2.45, 2.75) is 19.8 Å². The molecule has 0 fully saturated rings. The molecule has 0 spiro atoms. The summed E-state index contributed by atoms with van der Waals surface area (Å²) >= 11 is 0. The van der Waals surface area contributed by atoms with Crippen LogP contribution in [0.1, 0.15) is 23.6 Å². The summed E-state index contributed by atoms with van der Waals surface area (Å²) in [6.07, 6.45) is 2.26. The first kappa shape index (κ1) is 9.40. The van der Waals surface area contributed by atoms with E-state index in [4.69, 9.17) is 5.21 Å². The van der Waals surface area contributed by atoms with Crippen LogP contribution < -0.4 is 0 Å². The smallest absolute Gasteiger partial charge is 0.0843 e. The van der Waals surface area contributed by atoms with Gasteiger partial charge in [0.2, 0.25) is 0 Å². The molecule has 0 saturated heterocycles. The lowest BCUT2D eigenvalue weighted by atomic mass is 9.98. The minimum Gasteiger partial charge on any atom is -0.411 e. The monoisotopic (exact) mass is 211 g/mol. The van der Waals surface area contributed by atoms with Crippen LogP contribution in [-0.4, -0.2) is 10.9 Å². The molecule has 0 heterocycles. The van der Waals surface area contributed by atoms with Crippen LogP contribution in [0.4, 0.5) is 0 Å². The quantitative estimate of drug-likeness (QED) is 0.438. The zero-order valence-electron chi connectivity index (χ0n) is 9.20. The van der Waals surface area contributed by atoms with Crippen LogP contribution in [0.25, 0.3) is 10.8 Å². The number of benzene rings is 2. The van der Waals surface area contributed by atoms with Gasteiger partial charge in [0.15, 0.2) is 0 Å². The van der Waals surface area contributed by atoms with Gasteiger partial charge in [0.05, 0.1) is 5.71 Å². The predicted molar refractivity (Wildman–Crippen MR) is 65.4 cm³/mol. The van der Waals surface area contributed by atoms with E-state index in [2.05, 4.69) is 35.5 Å². The zero-order valence-corrected chi connectivity index (χ0v) is 9.20. The summed E-state index contributed by atoms with van der Waals surface area (Å²) in [5.41, 5.74) is 4.54. The lowest BCUT2D eigenvalue weighted by Gasteiger charge is -2.07. The normalized spacial score (nSPS) is 14.7. The first-order valence-corrected chi connectivity index (χ1v) is 5.54. The molecule has 0 atom stereocenters. The van der Waals surface area contributed by atoms with E-state index in [0.29, 0.717) is 5.71 Å². The standard InChI is InChI=1S/C14H13NO/c1-9(15-16)12-8-7-11-6-5-10-3-2-4-13(12)14(10)11/h2-4,7-8,16H,5-6H2,1H3/b15-9-. The summed E-state index contributed by atoms with van der Waals surface area (Å²) in [4.78, 5) is 0. The fraction of sp³-hybridized carbons (Fsp3) is 0.214. The molecule has 3 rings (SSSR count). The van der Waals surface area contributed by atoms with E-state index < -0.39 is 0 Å². The van der Waals surface area contributed by atoms with Crippen molar-refractivity contribution in [2.75, 3.05) is 0 Å². The summed E-state index contributed by atoms with van der Waals surface area (Å²) in [5.74, 6) is 0. The molecule has 1 aliphatic carbocycles. The molecule has 0 aliphatic heterocycles. The molecule has 2 aromatic rings. The van der Waals surface area contributed by atoms with Crippen molar-refractivity contribution in [1.29, 1.82) is 0 Å². The Morgan fingerprint density at radius 2 is 1.88 bits per heavy atom. The molecule has 0 amide bonds. The van der Waals surface area contributed by atoms with Crippen LogP contribution in [0.2, 0.25) is 0 Å². The second kappa shape index (κ2) is 3.34. The van der Waals surface area contributed by atoms with Gasteiger partial charge in [-0.25, -0.2) is 0 Å². The zero-order chi connectivity index (χ0) is 11.1. The van der Waals surface area contributed by atoms with Crippen molar-refractivity contribution < 1.29 is 5.21 Å². The van der Waals surface area contributed by atoms with Gasteiger partial charge >= 0.3 is 0 Å². The molecule has 2 heteroatoms. The molecule has 2 nitrogen and oxygen atoms in total. The Bertz CT molecular complexity index is 589. The van der Waals surface area contributed by atoms with Gasteiger partial charge in [0.25, 0.3) is 0 Å². The summed E-state index contributed by atoms with van der Waals surface area (Å²) in [6.45, 7) is 1.83. The highest BCUT2D eigenvalue weighted by atomic mass is 16.4. The Hall–Kier alpha value is -1.83. The number of rotatable bonds is 1. The molecular weight excluding hydrogens is 198 g/mol. The maximum atomic E-state index is 8.89. The van der Waals surface area contributed by atoms with E-state index in [1.54, 1.807) is 0 Å². The first-order chi connectivity index (χ1) is 7.81. The van der Waals surface area contributed by atoms with Gasteiger partial charge in [-0.05, 0) is 41.7 Å². The van der Waals surface area contributed by atoms with Crippen molar-refractivity contribution in [3.63, 3.8) is 0 Å². The van der Waals surface area contributed by atoms with Crippen LogP contribution in [-0.2, 0) is 12.8 Å². The van der Waals surface area contributed by atoms with Crippen LogP contribution in [0, 0.1) is 0 Å². The van der Waals surface area contributed by atoms with Gasteiger partial charge in [-0.1, -0.05) is 35.5 Å². The van der Waals surface area contributed by atoms with Gasteiger partial charge in [-0.2, -0.15) is 0 Å². The Kier molecular flexibility index (Phi) is 1.96. The number of nitrogens with zero attached hydrogens (tertiary/aromatic N) is 1. The Balaban J connectivity index is 2.42. The fourth-order valence-corrected chi connectivity index (χ4v) is 2.62. The van der Waals surface area contributed by atoms with Gasteiger partial charge in [-0.3, -0.25) is 0 Å². The second-order valence-corrected chi connectivity index (χ2v) is 4.30. The molecule has 0 aromatic heterocycles. The van der Waals surface area contributed by atoms with Crippen molar-refractivity contribution >= 4 is 16.5 Å². The number of hydrogen-bond donors (Lipinski definition) is 1.